The van der Waals surface area contributed by atoms with Crippen molar-refractivity contribution < 1.29 is 14.6 Å². The average Bonchev–Trinajstić information content (AvgIpc) is 3.14. The molecule has 1 aromatic rings. The third-order valence-corrected chi connectivity index (χ3v) is 3.32. The third kappa shape index (κ3) is 2.94. The minimum atomic E-state index is -0.810. The van der Waals surface area contributed by atoms with Crippen LogP contribution in [-0.4, -0.2) is 17.7 Å². The number of carboxylic acids is 1. The van der Waals surface area contributed by atoms with E-state index in [1.54, 1.807) is 18.2 Å². The van der Waals surface area contributed by atoms with Gasteiger partial charge in [0.25, 0.3) is 0 Å². The Bertz CT molecular complexity index is 441. The number of ether oxygens (including phenoxy) is 1. The molecular formula is C14H19NO3. The van der Waals surface area contributed by atoms with Gasteiger partial charge >= 0.3 is 5.97 Å². The molecule has 1 atom stereocenters. The van der Waals surface area contributed by atoms with Crippen LogP contribution in [-0.2, 0) is 4.79 Å². The number of benzene rings is 1. The SMILES string of the molecule is CCC(C(=O)O)c1ccc(N)c(OCC2CC2)c1. The molecule has 0 bridgehead atoms. The molecule has 1 aliphatic rings. The first-order chi connectivity index (χ1) is 8.61. The zero-order valence-electron chi connectivity index (χ0n) is 10.6. The Morgan fingerprint density at radius 1 is 1.56 bits per heavy atom. The highest BCUT2D eigenvalue weighted by Crippen LogP contribution is 2.33. The molecule has 1 saturated carbocycles. The Morgan fingerprint density at radius 2 is 2.28 bits per heavy atom. The highest BCUT2D eigenvalue weighted by molar-refractivity contribution is 5.76. The molecule has 2 rings (SSSR count). The molecule has 4 nitrogen and oxygen atoms in total. The van der Waals surface area contributed by atoms with E-state index in [0.29, 0.717) is 30.4 Å². The predicted octanol–water partition coefficient (Wildman–Crippen LogP) is 2.64. The van der Waals surface area contributed by atoms with Gasteiger partial charge in [0, 0.05) is 0 Å². The number of hydrogen-bond acceptors (Lipinski definition) is 3. The lowest BCUT2D eigenvalue weighted by Crippen LogP contribution is -2.11. The molecule has 0 spiro atoms. The Kier molecular flexibility index (Phi) is 3.75. The Labute approximate surface area is 107 Å². The lowest BCUT2D eigenvalue weighted by atomic mass is 9.96. The van der Waals surface area contributed by atoms with Crippen LogP contribution >= 0.6 is 0 Å². The van der Waals surface area contributed by atoms with E-state index in [4.69, 9.17) is 15.6 Å². The van der Waals surface area contributed by atoms with Crippen molar-refractivity contribution in [2.45, 2.75) is 32.1 Å². The summed E-state index contributed by atoms with van der Waals surface area (Å²) < 4.78 is 5.66. The number of aliphatic carboxylic acids is 1. The summed E-state index contributed by atoms with van der Waals surface area (Å²) in [4.78, 5) is 11.1. The van der Waals surface area contributed by atoms with Gasteiger partial charge in [0.2, 0.25) is 0 Å². The fourth-order valence-electron chi connectivity index (χ4n) is 1.94. The zero-order valence-corrected chi connectivity index (χ0v) is 10.6. The van der Waals surface area contributed by atoms with Crippen molar-refractivity contribution in [2.75, 3.05) is 12.3 Å². The van der Waals surface area contributed by atoms with Gasteiger partial charge in [-0.1, -0.05) is 13.0 Å². The molecule has 0 aliphatic heterocycles. The maximum absolute atomic E-state index is 11.1. The van der Waals surface area contributed by atoms with Crippen LogP contribution in [0.25, 0.3) is 0 Å². The van der Waals surface area contributed by atoms with E-state index in [0.717, 1.165) is 5.56 Å². The van der Waals surface area contributed by atoms with Crippen molar-refractivity contribution in [1.82, 2.24) is 0 Å². The van der Waals surface area contributed by atoms with Gasteiger partial charge < -0.3 is 15.6 Å². The third-order valence-electron chi connectivity index (χ3n) is 3.32. The maximum atomic E-state index is 11.1. The van der Waals surface area contributed by atoms with Gasteiger partial charge in [0.15, 0.2) is 0 Å². The molecule has 18 heavy (non-hydrogen) atoms. The Hall–Kier alpha value is -1.71. The quantitative estimate of drug-likeness (QED) is 0.760. The van der Waals surface area contributed by atoms with Crippen LogP contribution < -0.4 is 10.5 Å². The Balaban J connectivity index is 2.15. The van der Waals surface area contributed by atoms with Crippen molar-refractivity contribution in [3.05, 3.63) is 23.8 Å². The van der Waals surface area contributed by atoms with E-state index in [-0.39, 0.29) is 0 Å². The van der Waals surface area contributed by atoms with E-state index < -0.39 is 11.9 Å². The van der Waals surface area contributed by atoms with Crippen LogP contribution in [0.1, 0.15) is 37.7 Å². The predicted molar refractivity (Wildman–Crippen MR) is 69.7 cm³/mol. The highest BCUT2D eigenvalue weighted by Gasteiger charge is 2.23. The largest absolute Gasteiger partial charge is 0.491 e. The average molecular weight is 249 g/mol. The van der Waals surface area contributed by atoms with Crippen molar-refractivity contribution >= 4 is 11.7 Å². The summed E-state index contributed by atoms with van der Waals surface area (Å²) in [7, 11) is 0. The van der Waals surface area contributed by atoms with E-state index in [2.05, 4.69) is 0 Å². The number of hydrogen-bond donors (Lipinski definition) is 2. The van der Waals surface area contributed by atoms with Crippen molar-refractivity contribution in [2.24, 2.45) is 5.92 Å². The van der Waals surface area contributed by atoms with Gasteiger partial charge in [-0.05, 0) is 42.9 Å². The summed E-state index contributed by atoms with van der Waals surface area (Å²) in [5.41, 5.74) is 7.17. The number of nitrogen functional groups attached to an aromatic ring is 1. The van der Waals surface area contributed by atoms with Gasteiger partial charge in [-0.2, -0.15) is 0 Å². The molecule has 0 aromatic heterocycles. The van der Waals surface area contributed by atoms with Gasteiger partial charge in [-0.3, -0.25) is 4.79 Å². The fraction of sp³-hybridized carbons (Fsp3) is 0.500. The second-order valence-corrected chi connectivity index (χ2v) is 4.85. The summed E-state index contributed by atoms with van der Waals surface area (Å²) in [5, 5.41) is 9.14. The molecule has 1 unspecified atom stereocenters. The summed E-state index contributed by atoms with van der Waals surface area (Å²) in [6.45, 7) is 2.54. The molecular weight excluding hydrogens is 230 g/mol. The van der Waals surface area contributed by atoms with Crippen molar-refractivity contribution in [1.29, 1.82) is 0 Å². The standard InChI is InChI=1S/C14H19NO3/c1-2-11(14(16)17)10-5-6-12(15)13(7-10)18-8-9-3-4-9/h5-7,9,11H,2-4,8,15H2,1H3,(H,16,17). The molecule has 1 aromatic carbocycles. The van der Waals surface area contributed by atoms with Gasteiger partial charge in [-0.25, -0.2) is 0 Å². The molecule has 0 heterocycles. The van der Waals surface area contributed by atoms with Crippen LogP contribution in [0.4, 0.5) is 5.69 Å². The smallest absolute Gasteiger partial charge is 0.310 e. The molecule has 0 saturated heterocycles. The first-order valence-electron chi connectivity index (χ1n) is 6.36. The van der Waals surface area contributed by atoms with E-state index in [9.17, 15) is 4.79 Å². The first-order valence-corrected chi connectivity index (χ1v) is 6.36. The minimum Gasteiger partial charge on any atom is -0.491 e. The van der Waals surface area contributed by atoms with Gasteiger partial charge in [-0.15, -0.1) is 0 Å². The number of rotatable bonds is 6. The lowest BCUT2D eigenvalue weighted by molar-refractivity contribution is -0.138. The molecule has 0 radical (unpaired) electrons. The van der Waals surface area contributed by atoms with Gasteiger partial charge in [0.1, 0.15) is 5.75 Å². The summed E-state index contributed by atoms with van der Waals surface area (Å²) in [6, 6.07) is 5.25. The molecule has 0 amide bonds. The number of anilines is 1. The summed E-state index contributed by atoms with van der Waals surface area (Å²) in [5.74, 6) is -0.0436. The lowest BCUT2D eigenvalue weighted by Gasteiger charge is -2.14. The van der Waals surface area contributed by atoms with E-state index in [1.165, 1.54) is 12.8 Å². The summed E-state index contributed by atoms with van der Waals surface area (Å²) >= 11 is 0. The van der Waals surface area contributed by atoms with E-state index >= 15 is 0 Å². The Morgan fingerprint density at radius 3 is 2.83 bits per heavy atom. The maximum Gasteiger partial charge on any atom is 0.310 e. The fourth-order valence-corrected chi connectivity index (χ4v) is 1.94. The molecule has 1 aliphatic carbocycles. The van der Waals surface area contributed by atoms with Gasteiger partial charge in [0.05, 0.1) is 18.2 Å². The number of nitrogens with two attached hydrogens (primary N) is 1. The number of carboxylic acid groups (broad SMARTS) is 1. The molecule has 1 fully saturated rings. The van der Waals surface area contributed by atoms with Crippen LogP contribution in [0, 0.1) is 5.92 Å². The zero-order chi connectivity index (χ0) is 13.1. The molecule has 3 N–H and O–H groups in total. The van der Waals surface area contributed by atoms with Crippen LogP contribution in [0.15, 0.2) is 18.2 Å². The van der Waals surface area contributed by atoms with Crippen molar-refractivity contribution in [3.8, 4) is 5.75 Å². The van der Waals surface area contributed by atoms with Crippen molar-refractivity contribution in [3.63, 3.8) is 0 Å². The molecule has 98 valence electrons. The molecule has 4 heteroatoms. The second-order valence-electron chi connectivity index (χ2n) is 4.85. The van der Waals surface area contributed by atoms with Crippen LogP contribution in [0.5, 0.6) is 5.75 Å². The van der Waals surface area contributed by atoms with E-state index in [1.807, 2.05) is 6.92 Å². The normalized spacial score (nSPS) is 16.3. The number of carbonyl (C=O) groups is 1. The van der Waals surface area contributed by atoms with Crippen LogP contribution in [0.2, 0.25) is 0 Å². The topological polar surface area (TPSA) is 72.5 Å². The first kappa shape index (κ1) is 12.7. The highest BCUT2D eigenvalue weighted by atomic mass is 16.5. The van der Waals surface area contributed by atoms with Crippen LogP contribution in [0.3, 0.4) is 0 Å². The minimum absolute atomic E-state index is 0.492. The monoisotopic (exact) mass is 249 g/mol. The summed E-state index contributed by atoms with van der Waals surface area (Å²) in [6.07, 6.45) is 2.99. The second kappa shape index (κ2) is 5.29.